The predicted molar refractivity (Wildman–Crippen MR) is 92.3 cm³/mol. The lowest BCUT2D eigenvalue weighted by molar-refractivity contribution is -0.132. The molecule has 22 heavy (non-hydrogen) atoms. The van der Waals surface area contributed by atoms with E-state index in [-0.39, 0.29) is 24.1 Å². The van der Waals surface area contributed by atoms with Gasteiger partial charge in [-0.25, -0.2) is 4.39 Å². The van der Waals surface area contributed by atoms with Gasteiger partial charge in [-0.2, -0.15) is 0 Å². The zero-order valence-corrected chi connectivity index (χ0v) is 14.5. The number of nitrogens with one attached hydrogen (secondary N) is 1. The van der Waals surface area contributed by atoms with Crippen molar-refractivity contribution in [2.24, 2.45) is 0 Å². The highest BCUT2D eigenvalue weighted by molar-refractivity contribution is 7.99. The topological polar surface area (TPSA) is 32.3 Å². The lowest BCUT2D eigenvalue weighted by Crippen LogP contribution is -2.42. The third kappa shape index (κ3) is 5.45. The molecule has 0 bridgehead atoms. The molecule has 1 aromatic carbocycles. The van der Waals surface area contributed by atoms with Crippen LogP contribution in [0.3, 0.4) is 0 Å². The highest BCUT2D eigenvalue weighted by atomic mass is 35.5. The van der Waals surface area contributed by atoms with Crippen molar-refractivity contribution >= 4 is 30.1 Å². The van der Waals surface area contributed by atoms with Crippen LogP contribution in [0.25, 0.3) is 0 Å². The average Bonchev–Trinajstić information content (AvgIpc) is 3.00. The summed E-state index contributed by atoms with van der Waals surface area (Å²) in [6.45, 7) is 4.79. The Morgan fingerprint density at radius 3 is 2.86 bits per heavy atom. The Hall–Kier alpha value is -0.780. The van der Waals surface area contributed by atoms with Crippen molar-refractivity contribution < 1.29 is 9.18 Å². The van der Waals surface area contributed by atoms with E-state index in [0.29, 0.717) is 23.1 Å². The van der Waals surface area contributed by atoms with Crippen molar-refractivity contribution in [1.29, 1.82) is 0 Å². The maximum absolute atomic E-state index is 13.5. The molecule has 2 rings (SSSR count). The summed E-state index contributed by atoms with van der Waals surface area (Å²) >= 11 is 1.42. The minimum atomic E-state index is -0.208. The molecular formula is C16H24ClFN2OS. The summed E-state index contributed by atoms with van der Waals surface area (Å²) in [6.07, 6.45) is 2.48. The minimum absolute atomic E-state index is 0. The summed E-state index contributed by atoms with van der Waals surface area (Å²) in [5.41, 5.74) is 0. The lowest BCUT2D eigenvalue weighted by atomic mass is 10.2. The Kier molecular flexibility index (Phi) is 8.83. The van der Waals surface area contributed by atoms with E-state index in [4.69, 9.17) is 0 Å². The van der Waals surface area contributed by atoms with E-state index in [1.165, 1.54) is 17.8 Å². The van der Waals surface area contributed by atoms with Crippen molar-refractivity contribution in [2.75, 3.05) is 25.4 Å². The van der Waals surface area contributed by atoms with Crippen LogP contribution >= 0.6 is 24.2 Å². The van der Waals surface area contributed by atoms with Crippen LogP contribution < -0.4 is 5.32 Å². The second kappa shape index (κ2) is 10.1. The molecule has 0 aliphatic carbocycles. The minimum Gasteiger partial charge on any atom is -0.338 e. The molecule has 1 saturated heterocycles. The van der Waals surface area contributed by atoms with E-state index >= 15 is 0 Å². The highest BCUT2D eigenvalue weighted by Crippen LogP contribution is 2.22. The van der Waals surface area contributed by atoms with Gasteiger partial charge in [-0.3, -0.25) is 4.79 Å². The molecular weight excluding hydrogens is 323 g/mol. The maximum atomic E-state index is 13.5. The molecule has 1 N–H and O–H groups in total. The maximum Gasteiger partial charge on any atom is 0.223 e. The number of hydrogen-bond acceptors (Lipinski definition) is 3. The Morgan fingerprint density at radius 2 is 2.23 bits per heavy atom. The highest BCUT2D eigenvalue weighted by Gasteiger charge is 2.25. The summed E-state index contributed by atoms with van der Waals surface area (Å²) in [5.74, 6) is 0.606. The zero-order chi connectivity index (χ0) is 15.1. The molecule has 0 saturated carbocycles. The first-order valence-corrected chi connectivity index (χ1v) is 8.58. The van der Waals surface area contributed by atoms with Gasteiger partial charge >= 0.3 is 0 Å². The molecule has 1 fully saturated rings. The van der Waals surface area contributed by atoms with Crippen LogP contribution in [0.2, 0.25) is 0 Å². The third-order valence-corrected chi connectivity index (χ3v) is 4.72. The third-order valence-electron chi connectivity index (χ3n) is 3.67. The number of rotatable bonds is 7. The van der Waals surface area contributed by atoms with Crippen LogP contribution in [0.5, 0.6) is 0 Å². The van der Waals surface area contributed by atoms with Crippen molar-refractivity contribution in [2.45, 2.75) is 37.1 Å². The van der Waals surface area contributed by atoms with E-state index in [0.717, 1.165) is 32.5 Å². The first-order chi connectivity index (χ1) is 10.2. The molecule has 1 unspecified atom stereocenters. The van der Waals surface area contributed by atoms with Gasteiger partial charge in [0.2, 0.25) is 5.91 Å². The van der Waals surface area contributed by atoms with Crippen molar-refractivity contribution in [1.82, 2.24) is 10.2 Å². The first kappa shape index (κ1) is 19.3. The number of carbonyl (C=O) groups is 1. The molecule has 1 atom stereocenters. The summed E-state index contributed by atoms with van der Waals surface area (Å²) in [7, 11) is 0. The van der Waals surface area contributed by atoms with Crippen LogP contribution in [0.15, 0.2) is 29.2 Å². The van der Waals surface area contributed by atoms with Crippen LogP contribution in [-0.4, -0.2) is 42.2 Å². The molecule has 0 radical (unpaired) electrons. The molecule has 1 aliphatic heterocycles. The summed E-state index contributed by atoms with van der Waals surface area (Å²) in [5, 5.41) is 3.31. The number of amides is 1. The molecule has 1 heterocycles. The van der Waals surface area contributed by atoms with E-state index in [9.17, 15) is 9.18 Å². The number of halogens is 2. The van der Waals surface area contributed by atoms with Gasteiger partial charge in [0.15, 0.2) is 0 Å². The fourth-order valence-corrected chi connectivity index (χ4v) is 3.49. The predicted octanol–water partition coefficient (Wildman–Crippen LogP) is 3.33. The van der Waals surface area contributed by atoms with Crippen LogP contribution in [-0.2, 0) is 4.79 Å². The Morgan fingerprint density at radius 1 is 1.45 bits per heavy atom. The monoisotopic (exact) mass is 346 g/mol. The van der Waals surface area contributed by atoms with Crippen LogP contribution in [0, 0.1) is 5.82 Å². The number of thioether (sulfide) groups is 1. The quantitative estimate of drug-likeness (QED) is 0.769. The standard InChI is InChI=1S/C16H23FN2OS.ClH/c1-2-10-19(13-7-9-18-12-13)16(20)8-11-21-15-6-4-3-5-14(15)17;/h3-6,13,18H,2,7-12H2,1H3;1H. The van der Waals surface area contributed by atoms with Gasteiger partial charge in [0.05, 0.1) is 0 Å². The lowest BCUT2D eigenvalue weighted by Gasteiger charge is -2.28. The summed E-state index contributed by atoms with van der Waals surface area (Å²) in [4.78, 5) is 15.0. The van der Waals surface area contributed by atoms with Crippen LogP contribution in [0.4, 0.5) is 4.39 Å². The van der Waals surface area contributed by atoms with E-state index in [2.05, 4.69) is 12.2 Å². The number of nitrogens with zero attached hydrogens (tertiary/aromatic N) is 1. The molecule has 1 aromatic rings. The molecule has 124 valence electrons. The molecule has 0 spiro atoms. The largest absolute Gasteiger partial charge is 0.338 e. The summed E-state index contributed by atoms with van der Waals surface area (Å²) < 4.78 is 13.5. The Labute approximate surface area is 142 Å². The second-order valence-corrected chi connectivity index (χ2v) is 6.40. The van der Waals surface area contributed by atoms with E-state index < -0.39 is 0 Å². The molecule has 1 amide bonds. The fraction of sp³-hybridized carbons (Fsp3) is 0.562. The van der Waals surface area contributed by atoms with Crippen molar-refractivity contribution in [3.63, 3.8) is 0 Å². The van der Waals surface area contributed by atoms with Gasteiger partial charge in [-0.15, -0.1) is 24.2 Å². The normalized spacial score (nSPS) is 17.1. The molecule has 0 aromatic heterocycles. The van der Waals surface area contributed by atoms with Crippen molar-refractivity contribution in [3.8, 4) is 0 Å². The number of benzene rings is 1. The average molecular weight is 347 g/mol. The van der Waals surface area contributed by atoms with Crippen LogP contribution in [0.1, 0.15) is 26.2 Å². The van der Waals surface area contributed by atoms with Gasteiger partial charge in [0.1, 0.15) is 5.82 Å². The summed E-state index contributed by atoms with van der Waals surface area (Å²) in [6, 6.07) is 7.05. The van der Waals surface area contributed by atoms with Gasteiger partial charge in [0.25, 0.3) is 0 Å². The van der Waals surface area contributed by atoms with E-state index in [1.54, 1.807) is 12.1 Å². The van der Waals surface area contributed by atoms with E-state index in [1.807, 2.05) is 11.0 Å². The number of hydrogen-bond donors (Lipinski definition) is 1. The van der Waals surface area contributed by atoms with Crippen molar-refractivity contribution in [3.05, 3.63) is 30.1 Å². The van der Waals surface area contributed by atoms with Gasteiger partial charge in [0, 0.05) is 36.2 Å². The van der Waals surface area contributed by atoms with Gasteiger partial charge in [-0.1, -0.05) is 19.1 Å². The van der Waals surface area contributed by atoms with Gasteiger partial charge < -0.3 is 10.2 Å². The second-order valence-electron chi connectivity index (χ2n) is 5.26. The SMILES string of the molecule is CCCN(C(=O)CCSc1ccccc1F)C1CCNC1.Cl. The molecule has 3 nitrogen and oxygen atoms in total. The molecule has 1 aliphatic rings. The van der Waals surface area contributed by atoms with Gasteiger partial charge in [-0.05, 0) is 31.5 Å². The Bertz CT molecular complexity index is 469. The first-order valence-electron chi connectivity index (χ1n) is 7.60. The fourth-order valence-electron chi connectivity index (χ4n) is 2.61. The smallest absolute Gasteiger partial charge is 0.223 e. The zero-order valence-electron chi connectivity index (χ0n) is 12.9. The Balaban J connectivity index is 0.00000242. The number of carbonyl (C=O) groups excluding carboxylic acids is 1. The molecule has 6 heteroatoms.